The van der Waals surface area contributed by atoms with Crippen molar-refractivity contribution in [3.05, 3.63) is 59.7 Å². The molecule has 1 amide bonds. The van der Waals surface area contributed by atoms with E-state index in [0.717, 1.165) is 29.8 Å². The molecule has 1 N–H and O–H groups in total. The van der Waals surface area contributed by atoms with Crippen molar-refractivity contribution in [2.24, 2.45) is 0 Å². The number of ether oxygens (including phenoxy) is 2. The minimum absolute atomic E-state index is 0.0875. The summed E-state index contributed by atoms with van der Waals surface area (Å²) in [6.45, 7) is 1.39. The molecule has 0 aliphatic rings. The van der Waals surface area contributed by atoms with Crippen LogP contribution in [0.5, 0.6) is 5.75 Å². The van der Waals surface area contributed by atoms with Crippen molar-refractivity contribution in [1.29, 1.82) is 0 Å². The molecule has 28 heavy (non-hydrogen) atoms. The van der Waals surface area contributed by atoms with Gasteiger partial charge in [-0.3, -0.25) is 9.59 Å². The molecule has 2 aromatic carbocycles. The maximum Gasteiger partial charge on any atom is 0.416 e. The molecule has 0 fully saturated rings. The highest BCUT2D eigenvalue weighted by Crippen LogP contribution is 2.29. The summed E-state index contributed by atoms with van der Waals surface area (Å²) < 4.78 is 47.7. The summed E-state index contributed by atoms with van der Waals surface area (Å²) in [6.07, 6.45) is -5.00. The predicted octanol–water partition coefficient (Wildman–Crippen LogP) is 4.22. The molecule has 2 aromatic rings. The number of aryl methyl sites for hydroxylation is 1. The van der Waals surface area contributed by atoms with Crippen LogP contribution >= 0.6 is 0 Å². The SMILES string of the molecule is COc1ccc(CCC(=O)O[C@H](C)C(=O)Nc2ccc(C(F)(F)F)cc2)cc1. The van der Waals surface area contributed by atoms with Gasteiger partial charge in [0, 0.05) is 12.1 Å². The summed E-state index contributed by atoms with van der Waals surface area (Å²) in [6, 6.07) is 11.2. The zero-order valence-electron chi connectivity index (χ0n) is 15.4. The molecule has 0 spiro atoms. The minimum atomic E-state index is -4.45. The van der Waals surface area contributed by atoms with Gasteiger partial charge in [0.2, 0.25) is 0 Å². The van der Waals surface area contributed by atoms with Crippen molar-refractivity contribution in [1.82, 2.24) is 0 Å². The van der Waals surface area contributed by atoms with Gasteiger partial charge in [-0.1, -0.05) is 12.1 Å². The first-order chi connectivity index (χ1) is 13.2. The fourth-order valence-electron chi connectivity index (χ4n) is 2.33. The van der Waals surface area contributed by atoms with Gasteiger partial charge in [-0.15, -0.1) is 0 Å². The number of alkyl halides is 3. The summed E-state index contributed by atoms with van der Waals surface area (Å²) in [5.41, 5.74) is 0.280. The Morgan fingerprint density at radius 2 is 1.64 bits per heavy atom. The van der Waals surface area contributed by atoms with E-state index in [4.69, 9.17) is 9.47 Å². The minimum Gasteiger partial charge on any atom is -0.497 e. The zero-order chi connectivity index (χ0) is 20.7. The van der Waals surface area contributed by atoms with Gasteiger partial charge in [0.1, 0.15) is 5.75 Å². The van der Waals surface area contributed by atoms with E-state index in [1.165, 1.54) is 6.92 Å². The fraction of sp³-hybridized carbons (Fsp3) is 0.300. The molecule has 2 rings (SSSR count). The first-order valence-corrected chi connectivity index (χ1v) is 8.49. The van der Waals surface area contributed by atoms with Crippen molar-refractivity contribution in [2.45, 2.75) is 32.0 Å². The van der Waals surface area contributed by atoms with Crippen LogP contribution in [0.4, 0.5) is 18.9 Å². The van der Waals surface area contributed by atoms with Gasteiger partial charge >= 0.3 is 12.1 Å². The Hall–Kier alpha value is -3.03. The number of carbonyl (C=O) groups is 2. The number of benzene rings is 2. The van der Waals surface area contributed by atoms with E-state index >= 15 is 0 Å². The van der Waals surface area contributed by atoms with Crippen LogP contribution in [0.2, 0.25) is 0 Å². The number of hydrogen-bond donors (Lipinski definition) is 1. The predicted molar refractivity (Wildman–Crippen MR) is 96.9 cm³/mol. The average molecular weight is 395 g/mol. The van der Waals surface area contributed by atoms with Crippen molar-refractivity contribution >= 4 is 17.6 Å². The molecule has 0 saturated heterocycles. The lowest BCUT2D eigenvalue weighted by atomic mass is 10.1. The normalized spacial score (nSPS) is 12.2. The number of amides is 1. The molecule has 0 aliphatic carbocycles. The Morgan fingerprint density at radius 3 is 2.18 bits per heavy atom. The second kappa shape index (κ2) is 9.25. The Morgan fingerprint density at radius 1 is 1.04 bits per heavy atom. The number of carbonyl (C=O) groups excluding carboxylic acids is 2. The van der Waals surface area contributed by atoms with Crippen LogP contribution in [0.15, 0.2) is 48.5 Å². The van der Waals surface area contributed by atoms with Crippen LogP contribution in [-0.2, 0) is 26.9 Å². The van der Waals surface area contributed by atoms with Crippen LogP contribution in [-0.4, -0.2) is 25.1 Å². The van der Waals surface area contributed by atoms with Gasteiger partial charge in [0.05, 0.1) is 12.7 Å². The Kier molecular flexibility index (Phi) is 7.03. The van der Waals surface area contributed by atoms with Gasteiger partial charge in [0.25, 0.3) is 5.91 Å². The summed E-state index contributed by atoms with van der Waals surface area (Å²) in [4.78, 5) is 24.0. The third-order valence-corrected chi connectivity index (χ3v) is 3.93. The molecule has 0 heterocycles. The van der Waals surface area contributed by atoms with Gasteiger partial charge in [-0.25, -0.2) is 0 Å². The Bertz CT molecular complexity index is 802. The average Bonchev–Trinajstić information content (AvgIpc) is 2.66. The molecule has 0 radical (unpaired) electrons. The topological polar surface area (TPSA) is 64.6 Å². The van der Waals surface area contributed by atoms with Gasteiger partial charge in [-0.2, -0.15) is 13.2 Å². The van der Waals surface area contributed by atoms with Crippen LogP contribution in [0.1, 0.15) is 24.5 Å². The van der Waals surface area contributed by atoms with E-state index in [-0.39, 0.29) is 12.1 Å². The number of methoxy groups -OCH3 is 1. The Labute approximate surface area is 160 Å². The number of rotatable bonds is 7. The summed E-state index contributed by atoms with van der Waals surface area (Å²) >= 11 is 0. The van der Waals surface area contributed by atoms with Crippen molar-refractivity contribution in [3.8, 4) is 5.75 Å². The van der Waals surface area contributed by atoms with Crippen LogP contribution in [0, 0.1) is 0 Å². The van der Waals surface area contributed by atoms with Crippen LogP contribution in [0.3, 0.4) is 0 Å². The number of esters is 1. The lowest BCUT2D eigenvalue weighted by Gasteiger charge is -2.14. The molecule has 0 saturated carbocycles. The number of anilines is 1. The lowest BCUT2D eigenvalue weighted by molar-refractivity contribution is -0.153. The summed E-state index contributed by atoms with van der Waals surface area (Å²) in [5.74, 6) is -0.469. The van der Waals surface area contributed by atoms with Crippen LogP contribution < -0.4 is 10.1 Å². The van der Waals surface area contributed by atoms with Crippen LogP contribution in [0.25, 0.3) is 0 Å². The first kappa shape index (κ1) is 21.3. The third-order valence-electron chi connectivity index (χ3n) is 3.93. The zero-order valence-corrected chi connectivity index (χ0v) is 15.4. The van der Waals surface area contributed by atoms with Gasteiger partial charge in [-0.05, 0) is 55.3 Å². The monoisotopic (exact) mass is 395 g/mol. The quantitative estimate of drug-likeness (QED) is 0.713. The highest BCUT2D eigenvalue weighted by molar-refractivity contribution is 5.95. The molecule has 8 heteroatoms. The molecule has 150 valence electrons. The smallest absolute Gasteiger partial charge is 0.416 e. The molecular weight excluding hydrogens is 375 g/mol. The van der Waals surface area contributed by atoms with E-state index in [2.05, 4.69) is 5.32 Å². The third kappa shape index (κ3) is 6.29. The largest absolute Gasteiger partial charge is 0.497 e. The summed E-state index contributed by atoms with van der Waals surface area (Å²) in [7, 11) is 1.56. The highest BCUT2D eigenvalue weighted by Gasteiger charge is 2.30. The van der Waals surface area contributed by atoms with Crippen molar-refractivity contribution < 1.29 is 32.2 Å². The number of hydrogen-bond acceptors (Lipinski definition) is 4. The number of halogens is 3. The highest BCUT2D eigenvalue weighted by atomic mass is 19.4. The molecular formula is C20H20F3NO4. The van der Waals surface area contributed by atoms with Crippen molar-refractivity contribution in [3.63, 3.8) is 0 Å². The van der Waals surface area contributed by atoms with E-state index < -0.39 is 29.7 Å². The van der Waals surface area contributed by atoms with Gasteiger partial charge < -0.3 is 14.8 Å². The maximum atomic E-state index is 12.5. The van der Waals surface area contributed by atoms with E-state index in [0.29, 0.717) is 12.2 Å². The standard InChI is InChI=1S/C20H20F3NO4/c1-13(19(26)24-16-8-6-15(7-9-16)20(21,22)23)28-18(25)12-5-14-3-10-17(27-2)11-4-14/h3-4,6-11,13H,5,12H2,1-2H3,(H,24,26)/t13-/m1/s1. The lowest BCUT2D eigenvalue weighted by Crippen LogP contribution is -2.30. The Balaban J connectivity index is 1.81. The number of nitrogens with one attached hydrogen (secondary N) is 1. The van der Waals surface area contributed by atoms with E-state index in [1.807, 2.05) is 12.1 Å². The molecule has 1 atom stereocenters. The fourth-order valence-corrected chi connectivity index (χ4v) is 2.33. The van der Waals surface area contributed by atoms with E-state index in [9.17, 15) is 22.8 Å². The molecule has 0 bridgehead atoms. The second-order valence-electron chi connectivity index (χ2n) is 6.04. The van der Waals surface area contributed by atoms with Crippen molar-refractivity contribution in [2.75, 3.05) is 12.4 Å². The molecule has 0 aliphatic heterocycles. The maximum absolute atomic E-state index is 12.5. The molecule has 0 unspecified atom stereocenters. The first-order valence-electron chi connectivity index (χ1n) is 8.49. The second-order valence-corrected chi connectivity index (χ2v) is 6.04. The van der Waals surface area contributed by atoms with E-state index in [1.54, 1.807) is 19.2 Å². The van der Waals surface area contributed by atoms with Gasteiger partial charge in [0.15, 0.2) is 6.10 Å². The molecule has 5 nitrogen and oxygen atoms in total. The molecule has 0 aromatic heterocycles. The summed E-state index contributed by atoms with van der Waals surface area (Å²) in [5, 5.41) is 2.41.